The lowest BCUT2D eigenvalue weighted by atomic mass is 10.1. The van der Waals surface area contributed by atoms with Crippen molar-refractivity contribution >= 4 is 73.0 Å². The fraction of sp³-hybridized carbons (Fsp3) is 0.0870. The third kappa shape index (κ3) is 5.15. The lowest BCUT2D eigenvalue weighted by Crippen LogP contribution is -2.33. The zero-order valence-electron chi connectivity index (χ0n) is 16.1. The fourth-order valence-corrected chi connectivity index (χ4v) is 4.61. The zero-order valence-corrected chi connectivity index (χ0v) is 19.3. The number of thioether (sulfide) groups is 1. The number of hydrogen-bond acceptors (Lipinski definition) is 5. The third-order valence-corrected chi connectivity index (χ3v) is 6.53. The Bertz CT molecular complexity index is 1220. The first-order valence-electron chi connectivity index (χ1n) is 9.27. The van der Waals surface area contributed by atoms with Gasteiger partial charge in [0, 0.05) is 4.47 Å². The molecule has 0 saturated carbocycles. The molecular formula is C23H16BrNO4S2. The van der Waals surface area contributed by atoms with Crippen molar-refractivity contribution < 1.29 is 19.4 Å². The highest BCUT2D eigenvalue weighted by atomic mass is 79.9. The van der Waals surface area contributed by atoms with E-state index in [1.807, 2.05) is 60.7 Å². The molecule has 1 amide bonds. The smallest absolute Gasteiger partial charge is 0.323 e. The van der Waals surface area contributed by atoms with Crippen LogP contribution in [0.5, 0.6) is 5.75 Å². The maximum absolute atomic E-state index is 12.4. The molecule has 8 heteroatoms. The number of fused-ring (bicyclic) bond motifs is 1. The topological polar surface area (TPSA) is 66.8 Å². The van der Waals surface area contributed by atoms with Gasteiger partial charge < -0.3 is 9.84 Å². The fourth-order valence-electron chi connectivity index (χ4n) is 3.09. The summed E-state index contributed by atoms with van der Waals surface area (Å²) in [5.74, 6) is -0.701. The molecule has 31 heavy (non-hydrogen) atoms. The van der Waals surface area contributed by atoms with Gasteiger partial charge in [0.1, 0.15) is 23.2 Å². The van der Waals surface area contributed by atoms with Crippen molar-refractivity contribution in [3.63, 3.8) is 0 Å². The highest BCUT2D eigenvalue weighted by molar-refractivity contribution is 9.10. The van der Waals surface area contributed by atoms with E-state index in [-0.39, 0.29) is 10.2 Å². The van der Waals surface area contributed by atoms with Crippen LogP contribution in [0.1, 0.15) is 11.1 Å². The molecule has 3 aromatic rings. The number of thiocarbonyl (C=S) groups is 1. The highest BCUT2D eigenvalue weighted by Crippen LogP contribution is 2.33. The largest absolute Gasteiger partial charge is 0.489 e. The summed E-state index contributed by atoms with van der Waals surface area (Å²) < 4.78 is 7.19. The molecule has 0 radical (unpaired) electrons. The van der Waals surface area contributed by atoms with Crippen LogP contribution in [0.2, 0.25) is 0 Å². The van der Waals surface area contributed by atoms with E-state index in [9.17, 15) is 9.59 Å². The van der Waals surface area contributed by atoms with Gasteiger partial charge in [-0.25, -0.2) is 0 Å². The third-order valence-electron chi connectivity index (χ3n) is 4.62. The number of hydrogen-bond donors (Lipinski definition) is 1. The number of rotatable bonds is 6. The SMILES string of the molecule is O=C(O)CN1C(=O)/C(=C\c2ccc3cc(OCc4ccc(Br)cc4)ccc3c2)SC1=S. The Kier molecular flexibility index (Phi) is 6.41. The second kappa shape index (κ2) is 9.21. The summed E-state index contributed by atoms with van der Waals surface area (Å²) in [7, 11) is 0. The lowest BCUT2D eigenvalue weighted by Gasteiger charge is -2.10. The van der Waals surface area contributed by atoms with Crippen LogP contribution in [0, 0.1) is 0 Å². The van der Waals surface area contributed by atoms with Crippen molar-refractivity contribution in [2.24, 2.45) is 0 Å². The van der Waals surface area contributed by atoms with Gasteiger partial charge in [0.05, 0.1) is 4.91 Å². The van der Waals surface area contributed by atoms with Crippen LogP contribution in [-0.2, 0) is 16.2 Å². The molecule has 1 aliphatic heterocycles. The Morgan fingerprint density at radius 1 is 1.10 bits per heavy atom. The maximum atomic E-state index is 12.4. The van der Waals surface area contributed by atoms with E-state index < -0.39 is 12.5 Å². The van der Waals surface area contributed by atoms with Crippen molar-refractivity contribution in [2.75, 3.05) is 6.54 Å². The molecule has 4 rings (SSSR count). The van der Waals surface area contributed by atoms with E-state index in [1.54, 1.807) is 6.08 Å². The number of carboxylic acid groups (broad SMARTS) is 1. The summed E-state index contributed by atoms with van der Waals surface area (Å²) in [5.41, 5.74) is 1.92. The summed E-state index contributed by atoms with van der Waals surface area (Å²) in [5, 5.41) is 11.0. The number of halogens is 1. The first-order valence-corrected chi connectivity index (χ1v) is 11.3. The predicted octanol–water partition coefficient (Wildman–Crippen LogP) is 5.47. The number of carbonyl (C=O) groups is 2. The van der Waals surface area contributed by atoms with Gasteiger partial charge in [-0.05, 0) is 58.3 Å². The molecule has 0 atom stereocenters. The van der Waals surface area contributed by atoms with E-state index in [0.29, 0.717) is 11.5 Å². The van der Waals surface area contributed by atoms with E-state index >= 15 is 0 Å². The Balaban J connectivity index is 1.50. The number of nitrogens with zero attached hydrogens (tertiary/aromatic N) is 1. The number of carbonyl (C=O) groups excluding carboxylic acids is 1. The van der Waals surface area contributed by atoms with Crippen molar-refractivity contribution in [1.82, 2.24) is 4.90 Å². The van der Waals surface area contributed by atoms with Crippen LogP contribution in [0.3, 0.4) is 0 Å². The van der Waals surface area contributed by atoms with Gasteiger partial charge in [0.25, 0.3) is 5.91 Å². The molecule has 1 aliphatic rings. The maximum Gasteiger partial charge on any atom is 0.323 e. The summed E-state index contributed by atoms with van der Waals surface area (Å²) >= 11 is 9.67. The number of carboxylic acids is 1. The van der Waals surface area contributed by atoms with Gasteiger partial charge in [-0.15, -0.1) is 0 Å². The molecule has 0 aromatic heterocycles. The molecule has 0 bridgehead atoms. The van der Waals surface area contributed by atoms with Crippen molar-refractivity contribution in [3.8, 4) is 5.75 Å². The van der Waals surface area contributed by atoms with Gasteiger partial charge >= 0.3 is 5.97 Å². The minimum absolute atomic E-state index is 0.256. The first kappa shape index (κ1) is 21.5. The van der Waals surface area contributed by atoms with Crippen molar-refractivity contribution in [2.45, 2.75) is 6.61 Å². The molecule has 0 unspecified atom stereocenters. The molecule has 1 N–H and O–H groups in total. The van der Waals surface area contributed by atoms with Gasteiger partial charge in [0.2, 0.25) is 0 Å². The summed E-state index contributed by atoms with van der Waals surface area (Å²) in [6, 6.07) is 19.7. The van der Waals surface area contributed by atoms with Crippen LogP contribution in [0.4, 0.5) is 0 Å². The van der Waals surface area contributed by atoms with Crippen LogP contribution >= 0.6 is 39.9 Å². The summed E-state index contributed by atoms with van der Waals surface area (Å²) in [4.78, 5) is 24.9. The summed E-state index contributed by atoms with van der Waals surface area (Å²) in [6.45, 7) is 0.0534. The van der Waals surface area contributed by atoms with E-state index in [4.69, 9.17) is 22.1 Å². The number of ether oxygens (including phenoxy) is 1. The molecule has 0 spiro atoms. The molecule has 1 saturated heterocycles. The standard InChI is InChI=1S/C23H16BrNO4S2/c24-18-6-2-14(3-7-18)13-29-19-8-5-16-9-15(1-4-17(16)11-19)10-20-22(28)25(12-21(26)27)23(30)31-20/h1-11H,12-13H2,(H,26,27)/b20-10+. The first-order chi connectivity index (χ1) is 14.9. The molecule has 3 aromatic carbocycles. The predicted molar refractivity (Wildman–Crippen MR) is 130 cm³/mol. The minimum Gasteiger partial charge on any atom is -0.489 e. The minimum atomic E-state index is -1.10. The Labute approximate surface area is 196 Å². The number of aliphatic carboxylic acids is 1. The van der Waals surface area contributed by atoms with Crippen LogP contribution < -0.4 is 4.74 Å². The average molecular weight is 514 g/mol. The average Bonchev–Trinajstić information content (AvgIpc) is 3.00. The Morgan fingerprint density at radius 3 is 2.55 bits per heavy atom. The van der Waals surface area contributed by atoms with Crippen LogP contribution in [0.15, 0.2) is 70.0 Å². The van der Waals surface area contributed by atoms with Crippen molar-refractivity contribution in [1.29, 1.82) is 0 Å². The van der Waals surface area contributed by atoms with E-state index in [2.05, 4.69) is 15.9 Å². The van der Waals surface area contributed by atoms with Crippen LogP contribution in [0.25, 0.3) is 16.8 Å². The van der Waals surface area contributed by atoms with E-state index in [0.717, 1.165) is 48.8 Å². The zero-order chi connectivity index (χ0) is 22.0. The molecule has 0 aliphatic carbocycles. The van der Waals surface area contributed by atoms with Crippen molar-refractivity contribution in [3.05, 3.63) is 81.2 Å². The monoisotopic (exact) mass is 513 g/mol. The van der Waals surface area contributed by atoms with E-state index in [1.165, 1.54) is 0 Å². The molecule has 5 nitrogen and oxygen atoms in total. The number of benzene rings is 3. The van der Waals surface area contributed by atoms with Crippen LogP contribution in [-0.4, -0.2) is 32.7 Å². The Hall–Kier alpha value is -2.68. The molecule has 1 heterocycles. The normalized spacial score (nSPS) is 15.1. The number of amides is 1. The Morgan fingerprint density at radius 2 is 1.81 bits per heavy atom. The highest BCUT2D eigenvalue weighted by Gasteiger charge is 2.33. The summed E-state index contributed by atoms with van der Waals surface area (Å²) in [6.07, 6.45) is 1.73. The molecule has 156 valence electrons. The second-order valence-electron chi connectivity index (χ2n) is 6.85. The molecular weight excluding hydrogens is 498 g/mol. The van der Waals surface area contributed by atoms with Gasteiger partial charge in [-0.1, -0.05) is 70.2 Å². The van der Waals surface area contributed by atoms with Gasteiger partial charge in [0.15, 0.2) is 0 Å². The molecule has 1 fully saturated rings. The quantitative estimate of drug-likeness (QED) is 0.348. The second-order valence-corrected chi connectivity index (χ2v) is 9.44. The van der Waals surface area contributed by atoms with Gasteiger partial charge in [-0.2, -0.15) is 0 Å². The lowest BCUT2D eigenvalue weighted by molar-refractivity contribution is -0.140. The van der Waals surface area contributed by atoms with Gasteiger partial charge in [-0.3, -0.25) is 14.5 Å².